The molecular weight excluding hydrogens is 322 g/mol. The number of rotatable bonds is 5. The Bertz CT molecular complexity index is 830. The Hall–Kier alpha value is -2.40. The summed E-state index contributed by atoms with van der Waals surface area (Å²) in [4.78, 5) is 0. The average molecular weight is 342 g/mol. The minimum Gasteiger partial charge on any atom is -0.373 e. The maximum absolute atomic E-state index is 6.17. The highest BCUT2D eigenvalue weighted by Crippen LogP contribution is 2.30. The van der Waals surface area contributed by atoms with Crippen LogP contribution >= 0.6 is 11.6 Å². The molecule has 1 N–H and O–H groups in total. The molecule has 24 heavy (non-hydrogen) atoms. The van der Waals surface area contributed by atoms with Crippen molar-refractivity contribution in [1.82, 2.24) is 20.2 Å². The smallest absolute Gasteiger partial charge is 0.181 e. The molecule has 1 aromatic heterocycles. The predicted molar refractivity (Wildman–Crippen MR) is 96.6 cm³/mol. The lowest BCUT2D eigenvalue weighted by Gasteiger charge is -2.29. The SMILES string of the molecule is CC[C@](C)(Nc1ccccc1)c1nnnn1-c1cc(Cl)ccc1C. The second kappa shape index (κ2) is 6.61. The van der Waals surface area contributed by atoms with E-state index in [4.69, 9.17) is 11.6 Å². The van der Waals surface area contributed by atoms with Crippen molar-refractivity contribution in [3.63, 3.8) is 0 Å². The molecule has 0 saturated heterocycles. The van der Waals surface area contributed by atoms with E-state index in [0.717, 1.165) is 29.2 Å². The van der Waals surface area contributed by atoms with Crippen LogP contribution in [0, 0.1) is 6.92 Å². The van der Waals surface area contributed by atoms with Crippen molar-refractivity contribution in [3.8, 4) is 5.69 Å². The molecule has 2 aromatic carbocycles. The number of para-hydroxylation sites is 1. The molecule has 0 aliphatic rings. The summed E-state index contributed by atoms with van der Waals surface area (Å²) in [5, 5.41) is 16.6. The van der Waals surface area contributed by atoms with Crippen LogP contribution in [0.25, 0.3) is 5.69 Å². The molecule has 3 aromatic rings. The standard InChI is InChI=1S/C18H20ClN5/c1-4-18(3,20-15-8-6-5-7-9-15)17-21-22-23-24(17)16-12-14(19)11-10-13(16)2/h5-12,20H,4H2,1-3H3/t18-/m0/s1. The molecule has 3 rings (SSSR count). The summed E-state index contributed by atoms with van der Waals surface area (Å²) in [5.74, 6) is 0.749. The molecule has 0 aliphatic heterocycles. The number of hydrogen-bond acceptors (Lipinski definition) is 4. The van der Waals surface area contributed by atoms with Crippen molar-refractivity contribution in [2.24, 2.45) is 0 Å². The lowest BCUT2D eigenvalue weighted by molar-refractivity contribution is 0.474. The third-order valence-electron chi connectivity index (χ3n) is 4.26. The van der Waals surface area contributed by atoms with Gasteiger partial charge in [0.15, 0.2) is 5.82 Å². The Morgan fingerprint density at radius 2 is 1.92 bits per heavy atom. The van der Waals surface area contributed by atoms with E-state index >= 15 is 0 Å². The second-order valence-corrected chi connectivity index (χ2v) is 6.46. The Balaban J connectivity index is 2.05. The third kappa shape index (κ3) is 3.12. The molecule has 0 unspecified atom stereocenters. The van der Waals surface area contributed by atoms with Gasteiger partial charge >= 0.3 is 0 Å². The van der Waals surface area contributed by atoms with Crippen molar-refractivity contribution < 1.29 is 0 Å². The van der Waals surface area contributed by atoms with Crippen LogP contribution in [0.15, 0.2) is 48.5 Å². The van der Waals surface area contributed by atoms with E-state index in [1.807, 2.05) is 55.5 Å². The second-order valence-electron chi connectivity index (χ2n) is 6.02. The van der Waals surface area contributed by atoms with Gasteiger partial charge in [-0.3, -0.25) is 0 Å². The summed E-state index contributed by atoms with van der Waals surface area (Å²) in [5.41, 5.74) is 2.56. The van der Waals surface area contributed by atoms with Gasteiger partial charge < -0.3 is 5.32 Å². The van der Waals surface area contributed by atoms with Gasteiger partial charge in [-0.1, -0.05) is 42.8 Å². The summed E-state index contributed by atoms with van der Waals surface area (Å²) in [7, 11) is 0. The number of aromatic nitrogens is 4. The minimum atomic E-state index is -0.417. The first kappa shape index (κ1) is 16.5. The van der Waals surface area contributed by atoms with E-state index in [-0.39, 0.29) is 0 Å². The molecule has 0 amide bonds. The van der Waals surface area contributed by atoms with Gasteiger partial charge in [-0.05, 0) is 60.5 Å². The highest BCUT2D eigenvalue weighted by Gasteiger charge is 2.31. The number of nitrogens with one attached hydrogen (secondary N) is 1. The van der Waals surface area contributed by atoms with Crippen molar-refractivity contribution in [2.75, 3.05) is 5.32 Å². The molecule has 0 bridgehead atoms. The first-order valence-corrected chi connectivity index (χ1v) is 8.30. The normalized spacial score (nSPS) is 13.5. The first-order chi connectivity index (χ1) is 11.5. The molecule has 5 nitrogen and oxygen atoms in total. The number of halogens is 1. The van der Waals surface area contributed by atoms with Gasteiger partial charge in [0.25, 0.3) is 0 Å². The fraction of sp³-hybridized carbons (Fsp3) is 0.278. The summed E-state index contributed by atoms with van der Waals surface area (Å²) in [6, 6.07) is 15.8. The maximum atomic E-state index is 6.17. The third-order valence-corrected chi connectivity index (χ3v) is 4.50. The van der Waals surface area contributed by atoms with E-state index in [1.54, 1.807) is 4.68 Å². The monoisotopic (exact) mass is 341 g/mol. The van der Waals surface area contributed by atoms with Gasteiger partial charge in [0.2, 0.25) is 0 Å². The van der Waals surface area contributed by atoms with Gasteiger partial charge in [0.1, 0.15) is 0 Å². The summed E-state index contributed by atoms with van der Waals surface area (Å²) >= 11 is 6.17. The number of aryl methyl sites for hydroxylation is 1. The van der Waals surface area contributed by atoms with Crippen LogP contribution in [0.5, 0.6) is 0 Å². The topological polar surface area (TPSA) is 55.6 Å². The van der Waals surface area contributed by atoms with Crippen LogP contribution in [0.3, 0.4) is 0 Å². The minimum absolute atomic E-state index is 0.417. The van der Waals surface area contributed by atoms with Crippen molar-refractivity contribution in [2.45, 2.75) is 32.7 Å². The van der Waals surface area contributed by atoms with Crippen LogP contribution in [0.4, 0.5) is 5.69 Å². The molecule has 1 atom stereocenters. The Kier molecular flexibility index (Phi) is 4.53. The summed E-state index contributed by atoms with van der Waals surface area (Å²) < 4.78 is 1.76. The molecular formula is C18H20ClN5. The quantitative estimate of drug-likeness (QED) is 0.749. The zero-order chi connectivity index (χ0) is 17.2. The van der Waals surface area contributed by atoms with E-state index < -0.39 is 5.54 Å². The highest BCUT2D eigenvalue weighted by atomic mass is 35.5. The number of tetrazole rings is 1. The van der Waals surface area contributed by atoms with Gasteiger partial charge in [-0.2, -0.15) is 4.68 Å². The van der Waals surface area contributed by atoms with Crippen LogP contribution in [-0.2, 0) is 5.54 Å². The maximum Gasteiger partial charge on any atom is 0.181 e. The summed E-state index contributed by atoms with van der Waals surface area (Å²) in [6.45, 7) is 6.23. The van der Waals surface area contributed by atoms with Crippen LogP contribution < -0.4 is 5.32 Å². The molecule has 6 heteroatoms. The van der Waals surface area contributed by atoms with E-state index in [9.17, 15) is 0 Å². The van der Waals surface area contributed by atoms with Crippen LogP contribution in [0.1, 0.15) is 31.7 Å². The number of anilines is 1. The number of benzene rings is 2. The molecule has 1 heterocycles. The highest BCUT2D eigenvalue weighted by molar-refractivity contribution is 6.30. The van der Waals surface area contributed by atoms with Gasteiger partial charge in [0, 0.05) is 10.7 Å². The predicted octanol–water partition coefficient (Wildman–Crippen LogP) is 4.36. The molecule has 0 radical (unpaired) electrons. The van der Waals surface area contributed by atoms with Crippen LogP contribution in [0.2, 0.25) is 5.02 Å². The van der Waals surface area contributed by atoms with Gasteiger partial charge in [-0.25, -0.2) is 0 Å². The lowest BCUT2D eigenvalue weighted by Crippen LogP contribution is -2.34. The Labute approximate surface area is 146 Å². The van der Waals surface area contributed by atoms with Crippen molar-refractivity contribution >= 4 is 17.3 Å². The lowest BCUT2D eigenvalue weighted by atomic mass is 9.96. The van der Waals surface area contributed by atoms with Crippen molar-refractivity contribution in [3.05, 3.63) is 64.9 Å². The number of hydrogen-bond donors (Lipinski definition) is 1. The zero-order valence-electron chi connectivity index (χ0n) is 14.0. The zero-order valence-corrected chi connectivity index (χ0v) is 14.7. The Morgan fingerprint density at radius 3 is 2.62 bits per heavy atom. The van der Waals surface area contributed by atoms with Crippen LogP contribution in [-0.4, -0.2) is 20.2 Å². The van der Waals surface area contributed by atoms with Gasteiger partial charge in [0.05, 0.1) is 11.2 Å². The van der Waals surface area contributed by atoms with Crippen molar-refractivity contribution in [1.29, 1.82) is 0 Å². The first-order valence-electron chi connectivity index (χ1n) is 7.92. The average Bonchev–Trinajstić information content (AvgIpc) is 3.08. The summed E-state index contributed by atoms with van der Waals surface area (Å²) in [6.07, 6.45) is 0.821. The molecule has 0 aliphatic carbocycles. The molecule has 124 valence electrons. The van der Waals surface area contributed by atoms with E-state index in [0.29, 0.717) is 5.02 Å². The Morgan fingerprint density at radius 1 is 1.17 bits per heavy atom. The molecule has 0 saturated carbocycles. The fourth-order valence-electron chi connectivity index (χ4n) is 2.65. The number of nitrogens with zero attached hydrogens (tertiary/aromatic N) is 4. The van der Waals surface area contributed by atoms with E-state index in [2.05, 4.69) is 34.7 Å². The fourth-order valence-corrected chi connectivity index (χ4v) is 2.81. The molecule has 0 spiro atoms. The van der Waals surface area contributed by atoms with E-state index in [1.165, 1.54) is 0 Å². The molecule has 0 fully saturated rings. The largest absolute Gasteiger partial charge is 0.373 e. The van der Waals surface area contributed by atoms with Gasteiger partial charge in [-0.15, -0.1) is 5.10 Å².